The van der Waals surface area contributed by atoms with Crippen LogP contribution in [0.15, 0.2) is 0 Å². The third-order valence-corrected chi connectivity index (χ3v) is 4.13. The van der Waals surface area contributed by atoms with Crippen molar-refractivity contribution in [3.8, 4) is 0 Å². The van der Waals surface area contributed by atoms with Gasteiger partial charge in [0, 0.05) is 0 Å². The summed E-state index contributed by atoms with van der Waals surface area (Å²) in [7, 11) is 3.35. The number of likely N-dealkylation sites (N-methyl/N-ethyl adjacent to an activating group) is 1. The van der Waals surface area contributed by atoms with Crippen molar-refractivity contribution < 1.29 is 9.53 Å². The van der Waals surface area contributed by atoms with E-state index in [1.165, 1.54) is 7.11 Å². The highest BCUT2D eigenvalue weighted by Crippen LogP contribution is 2.39. The first-order valence-electron chi connectivity index (χ1n) is 5.47. The number of ether oxygens (including phenoxy) is 1. The van der Waals surface area contributed by atoms with Crippen LogP contribution in [0.3, 0.4) is 0 Å². The Morgan fingerprint density at radius 1 is 1.67 bits per heavy atom. The second kappa shape index (κ2) is 5.75. The van der Waals surface area contributed by atoms with Crippen LogP contribution in [-0.4, -0.2) is 37.7 Å². The zero-order valence-electron chi connectivity index (χ0n) is 9.84. The minimum atomic E-state index is -0.412. The molecule has 0 amide bonds. The molecule has 1 rings (SSSR count). The summed E-state index contributed by atoms with van der Waals surface area (Å²) >= 11 is 1.84. The largest absolute Gasteiger partial charge is 0.468 e. The molecule has 4 heteroatoms. The lowest BCUT2D eigenvalue weighted by molar-refractivity contribution is -0.150. The molecule has 0 saturated heterocycles. The van der Waals surface area contributed by atoms with Gasteiger partial charge in [-0.15, -0.1) is 0 Å². The molecule has 1 N–H and O–H groups in total. The standard InChI is InChI=1S/C11H21NO2S/c1-12-11(10(13)14-2)7-4-5-9(11)6-8-15-3/h9,12H,4-8H2,1-3H3. The van der Waals surface area contributed by atoms with Crippen LogP contribution in [0, 0.1) is 5.92 Å². The molecule has 2 atom stereocenters. The van der Waals surface area contributed by atoms with Gasteiger partial charge in [0.2, 0.25) is 0 Å². The van der Waals surface area contributed by atoms with E-state index < -0.39 is 5.54 Å². The van der Waals surface area contributed by atoms with Crippen LogP contribution in [0.2, 0.25) is 0 Å². The molecule has 1 aliphatic carbocycles. The second-order valence-corrected chi connectivity index (χ2v) is 5.07. The highest BCUT2D eigenvalue weighted by molar-refractivity contribution is 7.98. The van der Waals surface area contributed by atoms with E-state index in [4.69, 9.17) is 4.74 Å². The molecular weight excluding hydrogens is 210 g/mol. The first-order valence-corrected chi connectivity index (χ1v) is 6.87. The Morgan fingerprint density at radius 2 is 2.40 bits per heavy atom. The summed E-state index contributed by atoms with van der Waals surface area (Å²) in [5, 5.41) is 3.20. The summed E-state index contributed by atoms with van der Waals surface area (Å²) in [4.78, 5) is 11.8. The fourth-order valence-corrected chi connectivity index (χ4v) is 3.13. The molecule has 0 aromatic rings. The quantitative estimate of drug-likeness (QED) is 0.731. The van der Waals surface area contributed by atoms with Crippen LogP contribution in [0.4, 0.5) is 0 Å². The molecule has 3 nitrogen and oxygen atoms in total. The maximum absolute atomic E-state index is 11.8. The monoisotopic (exact) mass is 231 g/mol. The number of carbonyl (C=O) groups is 1. The number of carbonyl (C=O) groups excluding carboxylic acids is 1. The van der Waals surface area contributed by atoms with Gasteiger partial charge >= 0.3 is 5.97 Å². The first-order chi connectivity index (χ1) is 7.21. The number of methoxy groups -OCH3 is 1. The molecule has 1 saturated carbocycles. The molecule has 15 heavy (non-hydrogen) atoms. The predicted molar refractivity (Wildman–Crippen MR) is 64.1 cm³/mol. The average molecular weight is 231 g/mol. The van der Waals surface area contributed by atoms with Gasteiger partial charge in [-0.05, 0) is 44.2 Å². The van der Waals surface area contributed by atoms with E-state index >= 15 is 0 Å². The summed E-state index contributed by atoms with van der Waals surface area (Å²) in [5.74, 6) is 1.46. The van der Waals surface area contributed by atoms with Gasteiger partial charge in [0.15, 0.2) is 0 Å². The first kappa shape index (κ1) is 12.8. The van der Waals surface area contributed by atoms with Gasteiger partial charge in [0.05, 0.1) is 7.11 Å². The molecule has 1 fully saturated rings. The predicted octanol–water partition coefficient (Wildman–Crippen LogP) is 1.67. The SMILES string of the molecule is CNC1(C(=O)OC)CCCC1CCSC. The molecular formula is C11H21NO2S. The minimum Gasteiger partial charge on any atom is -0.468 e. The maximum atomic E-state index is 11.8. The van der Waals surface area contributed by atoms with Gasteiger partial charge in [0.25, 0.3) is 0 Å². The molecule has 0 spiro atoms. The molecule has 88 valence electrons. The van der Waals surface area contributed by atoms with Gasteiger partial charge in [0.1, 0.15) is 5.54 Å². The van der Waals surface area contributed by atoms with Crippen molar-refractivity contribution in [2.24, 2.45) is 5.92 Å². The normalized spacial score (nSPS) is 30.5. The Kier molecular flexibility index (Phi) is 4.93. The Morgan fingerprint density at radius 3 is 2.93 bits per heavy atom. The summed E-state index contributed by atoms with van der Waals surface area (Å²) in [6.45, 7) is 0. The Hall–Kier alpha value is -0.220. The topological polar surface area (TPSA) is 38.3 Å². The van der Waals surface area contributed by atoms with Crippen LogP contribution in [-0.2, 0) is 9.53 Å². The van der Waals surface area contributed by atoms with E-state index in [0.29, 0.717) is 5.92 Å². The van der Waals surface area contributed by atoms with E-state index in [0.717, 1.165) is 31.4 Å². The molecule has 2 unspecified atom stereocenters. The lowest BCUT2D eigenvalue weighted by atomic mass is 9.85. The van der Waals surface area contributed by atoms with Gasteiger partial charge < -0.3 is 10.1 Å². The number of nitrogens with one attached hydrogen (secondary N) is 1. The van der Waals surface area contributed by atoms with Crippen LogP contribution >= 0.6 is 11.8 Å². The van der Waals surface area contributed by atoms with Crippen molar-refractivity contribution in [1.29, 1.82) is 0 Å². The molecule has 0 aliphatic heterocycles. The highest BCUT2D eigenvalue weighted by atomic mass is 32.2. The van der Waals surface area contributed by atoms with Gasteiger partial charge in [-0.25, -0.2) is 0 Å². The number of thioether (sulfide) groups is 1. The highest BCUT2D eigenvalue weighted by Gasteiger charge is 2.48. The molecule has 0 aromatic carbocycles. The van der Waals surface area contributed by atoms with E-state index in [-0.39, 0.29) is 5.97 Å². The van der Waals surface area contributed by atoms with E-state index in [1.54, 1.807) is 0 Å². The van der Waals surface area contributed by atoms with Crippen LogP contribution in [0.5, 0.6) is 0 Å². The number of hydrogen-bond donors (Lipinski definition) is 1. The van der Waals surface area contributed by atoms with Crippen molar-refractivity contribution in [1.82, 2.24) is 5.32 Å². The lowest BCUT2D eigenvalue weighted by Crippen LogP contribution is -2.53. The van der Waals surface area contributed by atoms with Gasteiger partial charge in [-0.2, -0.15) is 11.8 Å². The van der Waals surface area contributed by atoms with Gasteiger partial charge in [-0.3, -0.25) is 4.79 Å². The Bertz CT molecular complexity index is 223. The molecule has 0 radical (unpaired) electrons. The second-order valence-electron chi connectivity index (χ2n) is 4.08. The van der Waals surface area contributed by atoms with Crippen LogP contribution in [0.1, 0.15) is 25.7 Å². The third kappa shape index (κ3) is 2.48. The molecule has 1 aliphatic rings. The van der Waals surface area contributed by atoms with Crippen molar-refractivity contribution in [3.05, 3.63) is 0 Å². The van der Waals surface area contributed by atoms with Crippen LogP contribution in [0.25, 0.3) is 0 Å². The number of hydrogen-bond acceptors (Lipinski definition) is 4. The lowest BCUT2D eigenvalue weighted by Gasteiger charge is -2.32. The van der Waals surface area contributed by atoms with E-state index in [1.807, 2.05) is 18.8 Å². The summed E-state index contributed by atoms with van der Waals surface area (Å²) < 4.78 is 4.93. The van der Waals surface area contributed by atoms with E-state index in [9.17, 15) is 4.79 Å². The van der Waals surface area contributed by atoms with Crippen molar-refractivity contribution in [2.75, 3.05) is 26.2 Å². The molecule has 0 heterocycles. The summed E-state index contributed by atoms with van der Waals surface area (Å²) in [5.41, 5.74) is -0.412. The van der Waals surface area contributed by atoms with Crippen LogP contribution < -0.4 is 5.32 Å². The Labute approximate surface area is 96.3 Å². The van der Waals surface area contributed by atoms with E-state index in [2.05, 4.69) is 11.6 Å². The fraction of sp³-hybridized carbons (Fsp3) is 0.909. The zero-order chi connectivity index (χ0) is 11.3. The molecule has 0 aromatic heterocycles. The maximum Gasteiger partial charge on any atom is 0.326 e. The van der Waals surface area contributed by atoms with Gasteiger partial charge in [-0.1, -0.05) is 6.42 Å². The molecule has 0 bridgehead atoms. The van der Waals surface area contributed by atoms with Crippen molar-refractivity contribution in [2.45, 2.75) is 31.2 Å². The smallest absolute Gasteiger partial charge is 0.326 e. The van der Waals surface area contributed by atoms with Crippen molar-refractivity contribution in [3.63, 3.8) is 0 Å². The summed E-state index contributed by atoms with van der Waals surface area (Å²) in [6.07, 6.45) is 6.37. The number of rotatable bonds is 5. The third-order valence-electron chi connectivity index (χ3n) is 3.49. The summed E-state index contributed by atoms with van der Waals surface area (Å²) in [6, 6.07) is 0. The minimum absolute atomic E-state index is 0.0893. The number of esters is 1. The fourth-order valence-electron chi connectivity index (χ4n) is 2.61. The zero-order valence-corrected chi connectivity index (χ0v) is 10.7. The van der Waals surface area contributed by atoms with Crippen molar-refractivity contribution >= 4 is 17.7 Å². The average Bonchev–Trinajstić information content (AvgIpc) is 2.69. The Balaban J connectivity index is 2.72.